The Bertz CT molecular complexity index is 1150. The van der Waals surface area contributed by atoms with Crippen molar-refractivity contribution in [2.45, 2.75) is 18.8 Å². The van der Waals surface area contributed by atoms with Crippen LogP contribution in [0.15, 0.2) is 54.6 Å². The highest BCUT2D eigenvalue weighted by Crippen LogP contribution is 2.42. The summed E-state index contributed by atoms with van der Waals surface area (Å²) in [7, 11) is 3.10. The number of fused-ring (bicyclic) bond motifs is 3. The van der Waals surface area contributed by atoms with Crippen LogP contribution >= 0.6 is 0 Å². The summed E-state index contributed by atoms with van der Waals surface area (Å²) in [5.41, 5.74) is 1.25. The number of carbonyl (C=O) groups excluding carboxylic acids is 2. The average Bonchev–Trinajstić information content (AvgIpc) is 3.32. The van der Waals surface area contributed by atoms with Crippen LogP contribution in [0, 0.1) is 5.82 Å². The molecule has 3 aromatic rings. The number of benzene rings is 2. The molecule has 30 heavy (non-hydrogen) atoms. The molecule has 5 rings (SSSR count). The fourth-order valence-corrected chi connectivity index (χ4v) is 4.20. The van der Waals surface area contributed by atoms with E-state index in [2.05, 4.69) is 10.2 Å². The molecule has 1 saturated heterocycles. The normalized spacial score (nSPS) is 20.6. The Morgan fingerprint density at radius 2 is 1.67 bits per heavy atom. The van der Waals surface area contributed by atoms with Crippen molar-refractivity contribution >= 4 is 17.9 Å². The van der Waals surface area contributed by atoms with E-state index in [4.69, 9.17) is 0 Å². The Balaban J connectivity index is 1.67. The SMILES string of the molecule is CN1C(=O)C2C(N(C)C1=O)n1c(-c3ccccc3)nnc1N2Cc1ccccc1F. The van der Waals surface area contributed by atoms with Crippen molar-refractivity contribution in [3.8, 4) is 11.4 Å². The number of nitrogens with zero attached hydrogens (tertiary/aromatic N) is 6. The molecule has 0 N–H and O–H groups in total. The van der Waals surface area contributed by atoms with Gasteiger partial charge in [0.1, 0.15) is 12.0 Å². The van der Waals surface area contributed by atoms with E-state index in [-0.39, 0.29) is 18.3 Å². The van der Waals surface area contributed by atoms with Gasteiger partial charge in [0.05, 0.1) is 0 Å². The van der Waals surface area contributed by atoms with Gasteiger partial charge in [0.15, 0.2) is 11.9 Å². The minimum atomic E-state index is -0.731. The second-order valence-electron chi connectivity index (χ2n) is 7.43. The third-order valence-corrected chi connectivity index (χ3v) is 5.72. The molecule has 2 aromatic carbocycles. The van der Waals surface area contributed by atoms with Crippen molar-refractivity contribution in [3.63, 3.8) is 0 Å². The van der Waals surface area contributed by atoms with Gasteiger partial charge in [-0.2, -0.15) is 0 Å². The summed E-state index contributed by atoms with van der Waals surface area (Å²) in [6, 6.07) is 14.7. The van der Waals surface area contributed by atoms with Crippen LogP contribution in [0.3, 0.4) is 0 Å². The van der Waals surface area contributed by atoms with Gasteiger partial charge in [-0.3, -0.25) is 14.3 Å². The maximum Gasteiger partial charge on any atom is 0.327 e. The van der Waals surface area contributed by atoms with Gasteiger partial charge in [-0.15, -0.1) is 10.2 Å². The van der Waals surface area contributed by atoms with Gasteiger partial charge in [0, 0.05) is 31.8 Å². The first-order valence-corrected chi connectivity index (χ1v) is 9.53. The van der Waals surface area contributed by atoms with Crippen LogP contribution in [-0.4, -0.2) is 56.6 Å². The second-order valence-corrected chi connectivity index (χ2v) is 7.43. The van der Waals surface area contributed by atoms with Gasteiger partial charge in [0.25, 0.3) is 5.91 Å². The van der Waals surface area contributed by atoms with Crippen LogP contribution in [-0.2, 0) is 11.3 Å². The summed E-state index contributed by atoms with van der Waals surface area (Å²) in [5.74, 6) is 0.254. The number of aromatic nitrogens is 3. The molecule has 8 nitrogen and oxygen atoms in total. The summed E-state index contributed by atoms with van der Waals surface area (Å²) in [6.07, 6.45) is -0.631. The van der Waals surface area contributed by atoms with Crippen molar-refractivity contribution in [3.05, 3.63) is 66.0 Å². The van der Waals surface area contributed by atoms with Crippen molar-refractivity contribution < 1.29 is 14.0 Å². The zero-order chi connectivity index (χ0) is 21.0. The van der Waals surface area contributed by atoms with Crippen LogP contribution in [0.1, 0.15) is 11.7 Å². The fraction of sp³-hybridized carbons (Fsp3) is 0.238. The number of urea groups is 1. The van der Waals surface area contributed by atoms with E-state index in [9.17, 15) is 14.0 Å². The quantitative estimate of drug-likeness (QED) is 0.668. The second kappa shape index (κ2) is 6.65. The molecule has 2 aliphatic heterocycles. The lowest BCUT2D eigenvalue weighted by molar-refractivity contribution is -0.133. The van der Waals surface area contributed by atoms with Gasteiger partial charge in [0.2, 0.25) is 5.95 Å². The molecule has 2 aliphatic rings. The number of likely N-dealkylation sites (N-methyl/N-ethyl adjacent to an activating group) is 2. The highest BCUT2D eigenvalue weighted by molar-refractivity contribution is 6.02. The lowest BCUT2D eigenvalue weighted by Crippen LogP contribution is -2.61. The average molecular weight is 406 g/mol. The number of imide groups is 1. The third kappa shape index (κ3) is 2.51. The van der Waals surface area contributed by atoms with E-state index in [1.807, 2.05) is 30.3 Å². The Morgan fingerprint density at radius 3 is 2.40 bits per heavy atom. The van der Waals surface area contributed by atoms with E-state index < -0.39 is 18.2 Å². The number of hydrogen-bond donors (Lipinski definition) is 0. The lowest BCUT2D eigenvalue weighted by Gasteiger charge is -2.40. The van der Waals surface area contributed by atoms with E-state index in [1.54, 1.807) is 34.7 Å². The Morgan fingerprint density at radius 1 is 0.967 bits per heavy atom. The van der Waals surface area contributed by atoms with Crippen molar-refractivity contribution in [2.75, 3.05) is 19.0 Å². The number of hydrogen-bond acceptors (Lipinski definition) is 5. The molecular weight excluding hydrogens is 387 g/mol. The first kappa shape index (κ1) is 18.3. The number of halogens is 1. The topological polar surface area (TPSA) is 74.6 Å². The number of anilines is 1. The standard InChI is InChI=1S/C21H19FN6O2/c1-25-18-16(19(29)26(2)21(25)30)27(12-14-10-6-7-11-15(14)22)20-24-23-17(28(18)20)13-8-4-3-5-9-13/h3-11,16,18H,12H2,1-2H3. The minimum absolute atomic E-state index is 0.127. The molecule has 0 spiro atoms. The molecule has 9 heteroatoms. The zero-order valence-electron chi connectivity index (χ0n) is 16.4. The van der Waals surface area contributed by atoms with E-state index in [0.717, 1.165) is 10.5 Å². The lowest BCUT2D eigenvalue weighted by atomic mass is 10.1. The molecule has 152 valence electrons. The van der Waals surface area contributed by atoms with Crippen LogP contribution < -0.4 is 4.90 Å². The van der Waals surface area contributed by atoms with Crippen LogP contribution in [0.4, 0.5) is 15.1 Å². The first-order chi connectivity index (χ1) is 14.5. The number of rotatable bonds is 3. The van der Waals surface area contributed by atoms with Gasteiger partial charge >= 0.3 is 6.03 Å². The molecule has 3 heterocycles. The maximum absolute atomic E-state index is 14.4. The Kier molecular flexibility index (Phi) is 4.05. The molecule has 1 fully saturated rings. The fourth-order valence-electron chi connectivity index (χ4n) is 4.20. The summed E-state index contributed by atoms with van der Waals surface area (Å²) < 4.78 is 16.2. The van der Waals surface area contributed by atoms with Gasteiger partial charge in [-0.1, -0.05) is 48.5 Å². The van der Waals surface area contributed by atoms with E-state index in [1.165, 1.54) is 18.0 Å². The van der Waals surface area contributed by atoms with Gasteiger partial charge in [-0.05, 0) is 6.07 Å². The molecule has 1 aromatic heterocycles. The van der Waals surface area contributed by atoms with Gasteiger partial charge < -0.3 is 9.80 Å². The highest BCUT2D eigenvalue weighted by atomic mass is 19.1. The Labute approximate surface area is 172 Å². The highest BCUT2D eigenvalue weighted by Gasteiger charge is 2.54. The molecule has 0 bridgehead atoms. The molecule has 3 amide bonds. The third-order valence-electron chi connectivity index (χ3n) is 5.72. The first-order valence-electron chi connectivity index (χ1n) is 9.53. The summed E-state index contributed by atoms with van der Waals surface area (Å²) in [4.78, 5) is 30.1. The molecule has 2 atom stereocenters. The number of carbonyl (C=O) groups is 2. The van der Waals surface area contributed by atoms with Crippen LogP contribution in [0.2, 0.25) is 0 Å². The summed E-state index contributed by atoms with van der Waals surface area (Å²) >= 11 is 0. The van der Waals surface area contributed by atoms with Crippen molar-refractivity contribution in [1.82, 2.24) is 24.6 Å². The minimum Gasteiger partial charge on any atom is -0.320 e. The van der Waals surface area contributed by atoms with Crippen molar-refractivity contribution in [2.24, 2.45) is 0 Å². The monoisotopic (exact) mass is 406 g/mol. The zero-order valence-corrected chi connectivity index (χ0v) is 16.4. The molecule has 0 aliphatic carbocycles. The largest absolute Gasteiger partial charge is 0.327 e. The number of amides is 3. The molecule has 0 radical (unpaired) electrons. The smallest absolute Gasteiger partial charge is 0.320 e. The molecule has 0 saturated carbocycles. The summed E-state index contributed by atoms with van der Waals surface area (Å²) in [5, 5.41) is 8.66. The van der Waals surface area contributed by atoms with E-state index >= 15 is 0 Å². The molecule has 2 unspecified atom stereocenters. The van der Waals surface area contributed by atoms with Crippen LogP contribution in [0.5, 0.6) is 0 Å². The predicted molar refractivity (Wildman–Crippen MR) is 107 cm³/mol. The van der Waals surface area contributed by atoms with Crippen LogP contribution in [0.25, 0.3) is 11.4 Å². The summed E-state index contributed by atoms with van der Waals surface area (Å²) in [6.45, 7) is 0.127. The van der Waals surface area contributed by atoms with E-state index in [0.29, 0.717) is 17.3 Å². The molecular formula is C21H19FN6O2. The maximum atomic E-state index is 14.4. The Hall–Kier alpha value is -3.75. The predicted octanol–water partition coefficient (Wildman–Crippen LogP) is 2.50. The van der Waals surface area contributed by atoms with Crippen molar-refractivity contribution in [1.29, 1.82) is 0 Å². The van der Waals surface area contributed by atoms with Gasteiger partial charge in [-0.25, -0.2) is 9.18 Å².